The van der Waals surface area contributed by atoms with Crippen LogP contribution in [0.2, 0.25) is 5.02 Å². The van der Waals surface area contributed by atoms with E-state index in [9.17, 15) is 5.11 Å². The third-order valence-electron chi connectivity index (χ3n) is 4.59. The Morgan fingerprint density at radius 3 is 2.75 bits per heavy atom. The maximum absolute atomic E-state index is 9.61. The third-order valence-corrected chi connectivity index (χ3v) is 4.79. The molecule has 0 aliphatic carbocycles. The van der Waals surface area contributed by atoms with Gasteiger partial charge in [-0.15, -0.1) is 12.4 Å². The van der Waals surface area contributed by atoms with E-state index in [1.54, 1.807) is 0 Å². The number of aromatic nitrogens is 2. The van der Waals surface area contributed by atoms with Gasteiger partial charge in [0.2, 0.25) is 0 Å². The molecule has 1 aliphatic heterocycles. The highest BCUT2D eigenvalue weighted by molar-refractivity contribution is 6.30. The standard InChI is InChI=1S/C18H18ClN3O.ClH/c1-12-17(11-23)22-10-15(19)8-16(18(22)20-12)21-7-6-13-4-2-3-5-14(13)9-21;/h2-5,8,10,23H,6-7,9,11H2,1H3;1H. The second-order valence-corrected chi connectivity index (χ2v) is 6.42. The molecule has 0 atom stereocenters. The van der Waals surface area contributed by atoms with Crippen molar-refractivity contribution in [1.29, 1.82) is 0 Å². The van der Waals surface area contributed by atoms with E-state index in [4.69, 9.17) is 11.6 Å². The predicted octanol–water partition coefficient (Wildman–Crippen LogP) is 3.77. The molecule has 126 valence electrons. The molecule has 1 aromatic carbocycles. The zero-order chi connectivity index (χ0) is 16.0. The van der Waals surface area contributed by atoms with Gasteiger partial charge in [-0.3, -0.25) is 4.40 Å². The first kappa shape index (κ1) is 17.1. The van der Waals surface area contributed by atoms with E-state index in [2.05, 4.69) is 34.1 Å². The lowest BCUT2D eigenvalue weighted by Crippen LogP contribution is -2.30. The van der Waals surface area contributed by atoms with E-state index in [0.717, 1.165) is 42.2 Å². The summed E-state index contributed by atoms with van der Waals surface area (Å²) in [4.78, 5) is 6.98. The number of rotatable bonds is 2. The van der Waals surface area contributed by atoms with Crippen LogP contribution in [0.5, 0.6) is 0 Å². The molecule has 0 radical (unpaired) electrons. The van der Waals surface area contributed by atoms with Gasteiger partial charge in [0.25, 0.3) is 0 Å². The Bertz CT molecular complexity index is 891. The normalized spacial score (nSPS) is 13.7. The van der Waals surface area contributed by atoms with Gasteiger partial charge < -0.3 is 10.0 Å². The lowest BCUT2D eigenvalue weighted by molar-refractivity contribution is 0.275. The quantitative estimate of drug-likeness (QED) is 0.753. The van der Waals surface area contributed by atoms with Gasteiger partial charge in [-0.25, -0.2) is 4.98 Å². The van der Waals surface area contributed by atoms with Crippen molar-refractivity contribution in [3.05, 3.63) is 64.1 Å². The van der Waals surface area contributed by atoms with Crippen LogP contribution in [0, 0.1) is 6.92 Å². The largest absolute Gasteiger partial charge is 0.390 e. The van der Waals surface area contributed by atoms with E-state index in [-0.39, 0.29) is 19.0 Å². The number of imidazole rings is 1. The molecule has 2 aromatic heterocycles. The Kier molecular flexibility index (Phi) is 4.72. The van der Waals surface area contributed by atoms with E-state index >= 15 is 0 Å². The summed E-state index contributed by atoms with van der Waals surface area (Å²) in [6, 6.07) is 10.5. The number of pyridine rings is 1. The number of aryl methyl sites for hydroxylation is 1. The molecular weight excluding hydrogens is 345 g/mol. The summed E-state index contributed by atoms with van der Waals surface area (Å²) in [7, 11) is 0. The Labute approximate surface area is 152 Å². The summed E-state index contributed by atoms with van der Waals surface area (Å²) in [6.07, 6.45) is 2.84. The Morgan fingerprint density at radius 2 is 2.00 bits per heavy atom. The molecule has 0 amide bonds. The first-order valence-corrected chi connectivity index (χ1v) is 8.15. The SMILES string of the molecule is Cc1nc2c(N3CCc4ccccc4C3)cc(Cl)cn2c1CO.Cl. The molecule has 24 heavy (non-hydrogen) atoms. The predicted molar refractivity (Wildman–Crippen MR) is 99.3 cm³/mol. The highest BCUT2D eigenvalue weighted by Gasteiger charge is 2.21. The number of hydrogen-bond donors (Lipinski definition) is 1. The van der Waals surface area contributed by atoms with E-state index in [1.807, 2.05) is 23.6 Å². The summed E-state index contributed by atoms with van der Waals surface area (Å²) in [5.74, 6) is 0. The molecule has 4 rings (SSSR count). The second kappa shape index (κ2) is 6.63. The summed E-state index contributed by atoms with van der Waals surface area (Å²) >= 11 is 6.32. The number of benzene rings is 1. The van der Waals surface area contributed by atoms with Crippen molar-refractivity contribution < 1.29 is 5.11 Å². The van der Waals surface area contributed by atoms with Crippen LogP contribution in [-0.4, -0.2) is 21.0 Å². The number of halogens is 2. The number of hydrogen-bond acceptors (Lipinski definition) is 3. The van der Waals surface area contributed by atoms with Crippen LogP contribution in [0.3, 0.4) is 0 Å². The van der Waals surface area contributed by atoms with Crippen LogP contribution < -0.4 is 4.90 Å². The van der Waals surface area contributed by atoms with E-state index in [1.165, 1.54) is 11.1 Å². The molecule has 6 heteroatoms. The van der Waals surface area contributed by atoms with Crippen molar-refractivity contribution in [3.8, 4) is 0 Å². The van der Waals surface area contributed by atoms with Gasteiger partial charge in [-0.2, -0.15) is 0 Å². The van der Waals surface area contributed by atoms with Crippen LogP contribution >= 0.6 is 24.0 Å². The van der Waals surface area contributed by atoms with Gasteiger partial charge >= 0.3 is 0 Å². The number of fused-ring (bicyclic) bond motifs is 2. The summed E-state index contributed by atoms with van der Waals surface area (Å²) in [6.45, 7) is 3.66. The molecule has 0 saturated carbocycles. The van der Waals surface area contributed by atoms with Crippen LogP contribution in [0.15, 0.2) is 36.5 Å². The van der Waals surface area contributed by atoms with E-state index < -0.39 is 0 Å². The summed E-state index contributed by atoms with van der Waals surface area (Å²) in [5, 5.41) is 10.3. The zero-order valence-electron chi connectivity index (χ0n) is 13.4. The van der Waals surface area contributed by atoms with Crippen LogP contribution in [0.25, 0.3) is 5.65 Å². The Morgan fingerprint density at radius 1 is 1.25 bits per heavy atom. The molecule has 0 saturated heterocycles. The molecule has 3 aromatic rings. The average molecular weight is 364 g/mol. The Balaban J connectivity index is 0.00000169. The van der Waals surface area contributed by atoms with E-state index in [0.29, 0.717) is 5.02 Å². The lowest BCUT2D eigenvalue weighted by atomic mass is 9.99. The fourth-order valence-corrected chi connectivity index (χ4v) is 3.58. The molecule has 1 aliphatic rings. The maximum Gasteiger partial charge on any atom is 0.161 e. The topological polar surface area (TPSA) is 40.8 Å². The van der Waals surface area contributed by atoms with Crippen molar-refractivity contribution >= 4 is 35.3 Å². The number of nitrogens with zero attached hydrogens (tertiary/aromatic N) is 3. The first-order chi connectivity index (χ1) is 11.2. The molecule has 0 fully saturated rings. The fourth-order valence-electron chi connectivity index (χ4n) is 3.38. The average Bonchev–Trinajstić information content (AvgIpc) is 2.88. The molecule has 0 spiro atoms. The molecule has 3 heterocycles. The molecule has 0 bridgehead atoms. The van der Waals surface area contributed by atoms with Crippen LogP contribution in [0.1, 0.15) is 22.5 Å². The van der Waals surface area contributed by atoms with Crippen molar-refractivity contribution in [3.63, 3.8) is 0 Å². The van der Waals surface area contributed by atoms with Crippen molar-refractivity contribution in [2.45, 2.75) is 26.5 Å². The summed E-state index contributed by atoms with van der Waals surface area (Å²) < 4.78 is 1.91. The van der Waals surface area contributed by atoms with Gasteiger partial charge in [0, 0.05) is 19.3 Å². The lowest BCUT2D eigenvalue weighted by Gasteiger charge is -2.31. The van der Waals surface area contributed by atoms with Crippen molar-refractivity contribution in [1.82, 2.24) is 9.38 Å². The van der Waals surface area contributed by atoms with Crippen LogP contribution in [-0.2, 0) is 19.6 Å². The van der Waals surface area contributed by atoms with Crippen molar-refractivity contribution in [2.24, 2.45) is 0 Å². The molecular formula is C18H19Cl2N3O. The number of anilines is 1. The minimum Gasteiger partial charge on any atom is -0.390 e. The molecule has 1 N–H and O–H groups in total. The number of aliphatic hydroxyl groups is 1. The van der Waals surface area contributed by atoms with Gasteiger partial charge in [-0.05, 0) is 30.5 Å². The third kappa shape index (κ3) is 2.75. The fraction of sp³-hybridized carbons (Fsp3) is 0.278. The molecule has 4 nitrogen and oxygen atoms in total. The second-order valence-electron chi connectivity index (χ2n) is 5.98. The molecule has 0 unspecified atom stereocenters. The van der Waals surface area contributed by atoms with Crippen LogP contribution in [0.4, 0.5) is 5.69 Å². The van der Waals surface area contributed by atoms with Gasteiger partial charge in [0.1, 0.15) is 0 Å². The monoisotopic (exact) mass is 363 g/mol. The maximum atomic E-state index is 9.61. The highest BCUT2D eigenvalue weighted by atomic mass is 35.5. The summed E-state index contributed by atoms with van der Waals surface area (Å²) in [5.41, 5.74) is 6.28. The smallest absolute Gasteiger partial charge is 0.161 e. The van der Waals surface area contributed by atoms with Gasteiger partial charge in [0.05, 0.1) is 28.7 Å². The van der Waals surface area contributed by atoms with Gasteiger partial charge in [0.15, 0.2) is 5.65 Å². The zero-order valence-corrected chi connectivity index (χ0v) is 14.9. The highest BCUT2D eigenvalue weighted by Crippen LogP contribution is 2.31. The Hall–Kier alpha value is -1.75. The van der Waals surface area contributed by atoms with Gasteiger partial charge in [-0.1, -0.05) is 35.9 Å². The van der Waals surface area contributed by atoms with Crippen molar-refractivity contribution in [2.75, 3.05) is 11.4 Å². The minimum atomic E-state index is -0.0460. The first-order valence-electron chi connectivity index (χ1n) is 7.77. The number of aliphatic hydroxyl groups excluding tert-OH is 1. The minimum absolute atomic E-state index is 0.